The molecule has 142 valence electrons. The fourth-order valence-electron chi connectivity index (χ4n) is 3.44. The van der Waals surface area contributed by atoms with E-state index < -0.39 is 4.92 Å². The predicted octanol–water partition coefficient (Wildman–Crippen LogP) is 4.38. The Bertz CT molecular complexity index is 838. The molecule has 2 amide bonds. The van der Waals surface area contributed by atoms with Gasteiger partial charge in [-0.15, -0.1) is 0 Å². The number of urea groups is 1. The number of nitro benzene ring substituents is 1. The van der Waals surface area contributed by atoms with E-state index in [0.717, 1.165) is 6.42 Å². The van der Waals surface area contributed by atoms with E-state index in [-0.39, 0.29) is 23.2 Å². The molecule has 1 aliphatic rings. The lowest BCUT2D eigenvalue weighted by Crippen LogP contribution is -2.35. The summed E-state index contributed by atoms with van der Waals surface area (Å²) in [5.74, 6) is 0. The Morgan fingerprint density at radius 3 is 2.19 bits per heavy atom. The third kappa shape index (κ3) is 3.94. The molecule has 2 aromatic carbocycles. The number of likely N-dealkylation sites (N-methyl/N-ethyl adjacent to an activating group) is 1. The summed E-state index contributed by atoms with van der Waals surface area (Å²) in [6.45, 7) is 7.17. The number of hydrogen-bond donors (Lipinski definition) is 0. The van der Waals surface area contributed by atoms with Gasteiger partial charge in [0.15, 0.2) is 0 Å². The van der Waals surface area contributed by atoms with Gasteiger partial charge >= 0.3 is 6.03 Å². The van der Waals surface area contributed by atoms with Gasteiger partial charge in [-0.3, -0.25) is 15.0 Å². The molecule has 0 unspecified atom stereocenters. The van der Waals surface area contributed by atoms with Gasteiger partial charge < -0.3 is 4.90 Å². The van der Waals surface area contributed by atoms with Gasteiger partial charge in [0.1, 0.15) is 0 Å². The molecule has 1 fully saturated rings. The molecule has 0 aliphatic carbocycles. The van der Waals surface area contributed by atoms with E-state index in [4.69, 9.17) is 0 Å². The highest BCUT2D eigenvalue weighted by Crippen LogP contribution is 2.29. The van der Waals surface area contributed by atoms with E-state index >= 15 is 0 Å². The molecule has 0 spiro atoms. The summed E-state index contributed by atoms with van der Waals surface area (Å²) in [4.78, 5) is 26.5. The number of hydrogen-bond acceptors (Lipinski definition) is 3. The van der Waals surface area contributed by atoms with E-state index in [1.54, 1.807) is 29.0 Å². The lowest BCUT2D eigenvalue weighted by molar-refractivity contribution is -0.384. The molecule has 3 rings (SSSR count). The van der Waals surface area contributed by atoms with Gasteiger partial charge in [-0.2, -0.15) is 0 Å². The van der Waals surface area contributed by atoms with Crippen molar-refractivity contribution in [2.45, 2.75) is 38.6 Å². The number of carbonyl (C=O) groups excluding carboxylic acids is 1. The van der Waals surface area contributed by atoms with Crippen molar-refractivity contribution in [3.8, 4) is 0 Å². The van der Waals surface area contributed by atoms with Crippen LogP contribution >= 0.6 is 0 Å². The fraction of sp³-hybridized carbons (Fsp3) is 0.381. The molecular weight excluding hydrogens is 342 g/mol. The first-order chi connectivity index (χ1) is 12.7. The summed E-state index contributed by atoms with van der Waals surface area (Å²) in [7, 11) is 1.78. The second kappa shape index (κ2) is 7.02. The number of non-ortho nitro benzene ring substituents is 1. The third-order valence-electron chi connectivity index (χ3n) is 5.01. The van der Waals surface area contributed by atoms with Crippen LogP contribution in [-0.2, 0) is 11.8 Å². The highest BCUT2D eigenvalue weighted by Gasteiger charge is 2.36. The molecule has 0 saturated carbocycles. The maximum absolute atomic E-state index is 12.6. The van der Waals surface area contributed by atoms with Gasteiger partial charge in [0.25, 0.3) is 5.69 Å². The molecule has 6 heteroatoms. The molecular formula is C21H25N3O3. The van der Waals surface area contributed by atoms with Crippen molar-refractivity contribution in [2.75, 3.05) is 18.5 Å². The van der Waals surface area contributed by atoms with Crippen LogP contribution in [0.5, 0.6) is 0 Å². The van der Waals surface area contributed by atoms with E-state index in [1.807, 2.05) is 0 Å². The summed E-state index contributed by atoms with van der Waals surface area (Å²) in [5, 5.41) is 10.9. The zero-order chi connectivity index (χ0) is 19.8. The fourth-order valence-corrected chi connectivity index (χ4v) is 3.44. The van der Waals surface area contributed by atoms with E-state index in [0.29, 0.717) is 12.2 Å². The van der Waals surface area contributed by atoms with Crippen molar-refractivity contribution < 1.29 is 9.72 Å². The van der Waals surface area contributed by atoms with Crippen LogP contribution < -0.4 is 4.90 Å². The Balaban J connectivity index is 1.83. The molecule has 1 aliphatic heterocycles. The van der Waals surface area contributed by atoms with Crippen LogP contribution in [0.3, 0.4) is 0 Å². The first-order valence-electron chi connectivity index (χ1n) is 9.05. The van der Waals surface area contributed by atoms with Crippen molar-refractivity contribution in [1.29, 1.82) is 0 Å². The first-order valence-corrected chi connectivity index (χ1v) is 9.05. The summed E-state index contributed by atoms with van der Waals surface area (Å²) in [6.07, 6.45) is 0.734. The topological polar surface area (TPSA) is 66.7 Å². The van der Waals surface area contributed by atoms with Crippen LogP contribution in [0.2, 0.25) is 0 Å². The molecule has 1 heterocycles. The van der Waals surface area contributed by atoms with Crippen LogP contribution in [0.4, 0.5) is 16.2 Å². The minimum absolute atomic E-state index is 0.00978. The molecule has 0 radical (unpaired) electrons. The van der Waals surface area contributed by atoms with Gasteiger partial charge in [0, 0.05) is 31.4 Å². The molecule has 27 heavy (non-hydrogen) atoms. The zero-order valence-electron chi connectivity index (χ0n) is 16.2. The van der Waals surface area contributed by atoms with Gasteiger partial charge in [0.05, 0.1) is 11.0 Å². The molecule has 0 N–H and O–H groups in total. The molecule has 1 saturated heterocycles. The second-order valence-corrected chi connectivity index (χ2v) is 8.11. The number of benzene rings is 2. The maximum atomic E-state index is 12.6. The Hall–Kier alpha value is -2.89. The van der Waals surface area contributed by atoms with Gasteiger partial charge in [0.2, 0.25) is 0 Å². The van der Waals surface area contributed by atoms with E-state index in [1.165, 1.54) is 23.3 Å². The van der Waals surface area contributed by atoms with Gasteiger partial charge in [-0.1, -0.05) is 45.0 Å². The van der Waals surface area contributed by atoms with Crippen molar-refractivity contribution in [1.82, 2.24) is 4.90 Å². The molecule has 0 bridgehead atoms. The average molecular weight is 367 g/mol. The lowest BCUT2D eigenvalue weighted by atomic mass is 9.86. The minimum Gasteiger partial charge on any atom is -0.325 e. The van der Waals surface area contributed by atoms with E-state index in [9.17, 15) is 14.9 Å². The van der Waals surface area contributed by atoms with Gasteiger partial charge in [-0.25, -0.2) is 4.79 Å². The minimum atomic E-state index is -0.435. The number of anilines is 1. The SMILES string of the molecule is CN1C[C@H](Cc2ccc(C(C)(C)C)cc2)N(c2ccc([N+](=O)[O-])cc2)C1=O. The quantitative estimate of drug-likeness (QED) is 0.595. The summed E-state index contributed by atoms with van der Waals surface area (Å²) >= 11 is 0. The smallest absolute Gasteiger partial charge is 0.324 e. The van der Waals surface area contributed by atoms with Crippen molar-refractivity contribution in [3.63, 3.8) is 0 Å². The van der Waals surface area contributed by atoms with Crippen LogP contribution in [0.15, 0.2) is 48.5 Å². The molecule has 2 aromatic rings. The molecule has 1 atom stereocenters. The van der Waals surface area contributed by atoms with Crippen molar-refractivity contribution in [3.05, 3.63) is 69.8 Å². The predicted molar refractivity (Wildman–Crippen MR) is 106 cm³/mol. The second-order valence-electron chi connectivity index (χ2n) is 8.11. The number of nitro groups is 1. The van der Waals surface area contributed by atoms with Crippen LogP contribution in [0, 0.1) is 10.1 Å². The Labute approximate surface area is 159 Å². The average Bonchev–Trinajstić information content (AvgIpc) is 2.88. The van der Waals surface area contributed by atoms with Crippen molar-refractivity contribution in [2.24, 2.45) is 0 Å². The van der Waals surface area contributed by atoms with Crippen LogP contribution in [0.25, 0.3) is 0 Å². The highest BCUT2D eigenvalue weighted by molar-refractivity contribution is 5.95. The lowest BCUT2D eigenvalue weighted by Gasteiger charge is -2.24. The highest BCUT2D eigenvalue weighted by atomic mass is 16.6. The Morgan fingerprint density at radius 1 is 1.07 bits per heavy atom. The Morgan fingerprint density at radius 2 is 1.67 bits per heavy atom. The number of nitrogens with zero attached hydrogens (tertiary/aromatic N) is 3. The van der Waals surface area contributed by atoms with Crippen LogP contribution in [-0.4, -0.2) is 35.5 Å². The normalized spacial score (nSPS) is 17.5. The van der Waals surface area contributed by atoms with Crippen molar-refractivity contribution >= 4 is 17.4 Å². The zero-order valence-corrected chi connectivity index (χ0v) is 16.2. The standard InChI is InChI=1S/C21H25N3O3/c1-21(2,3)16-7-5-15(6-8-16)13-19-14-22(4)20(25)23(19)17-9-11-18(12-10-17)24(26)27/h5-12,19H,13-14H2,1-4H3/t19-/m0/s1. The first kappa shape index (κ1) is 18.9. The number of rotatable bonds is 4. The summed E-state index contributed by atoms with van der Waals surface area (Å²) in [6, 6.07) is 14.6. The van der Waals surface area contributed by atoms with E-state index in [2.05, 4.69) is 45.0 Å². The number of amides is 2. The molecule has 6 nitrogen and oxygen atoms in total. The monoisotopic (exact) mass is 367 g/mol. The van der Waals surface area contributed by atoms with Gasteiger partial charge in [-0.05, 0) is 35.1 Å². The maximum Gasteiger partial charge on any atom is 0.324 e. The Kier molecular flexibility index (Phi) is 4.91. The summed E-state index contributed by atoms with van der Waals surface area (Å²) in [5.41, 5.74) is 3.26. The largest absolute Gasteiger partial charge is 0.325 e. The summed E-state index contributed by atoms with van der Waals surface area (Å²) < 4.78 is 0. The van der Waals surface area contributed by atoms with Crippen LogP contribution in [0.1, 0.15) is 31.9 Å². The number of carbonyl (C=O) groups is 1. The third-order valence-corrected chi connectivity index (χ3v) is 5.01. The molecule has 0 aromatic heterocycles.